The number of anilines is 3. The summed E-state index contributed by atoms with van der Waals surface area (Å²) in [7, 11) is 0. The minimum atomic E-state index is -0.0189. The van der Waals surface area contributed by atoms with E-state index in [2.05, 4.69) is 43.9 Å². The van der Waals surface area contributed by atoms with Gasteiger partial charge in [0.1, 0.15) is 22.8 Å². The van der Waals surface area contributed by atoms with Crippen LogP contribution >= 0.6 is 11.3 Å². The quantitative estimate of drug-likeness (QED) is 0.650. The molecule has 0 unspecified atom stereocenters. The Balaban J connectivity index is 1.20. The summed E-state index contributed by atoms with van der Waals surface area (Å²) >= 11 is 1.72. The number of morpholine rings is 1. The highest BCUT2D eigenvalue weighted by atomic mass is 32.1. The maximum atomic E-state index is 12.8. The molecular formula is C23H28N6O2S. The zero-order valence-corrected chi connectivity index (χ0v) is 19.3. The number of aryl methyl sites for hydroxylation is 2. The normalized spacial score (nSPS) is 17.7. The van der Waals surface area contributed by atoms with Crippen molar-refractivity contribution >= 4 is 44.8 Å². The maximum absolute atomic E-state index is 12.8. The lowest BCUT2D eigenvalue weighted by Gasteiger charge is -2.32. The summed E-state index contributed by atoms with van der Waals surface area (Å²) in [6.45, 7) is 9.10. The van der Waals surface area contributed by atoms with Gasteiger partial charge in [-0.2, -0.15) is 0 Å². The lowest BCUT2D eigenvalue weighted by atomic mass is 9.95. The van der Waals surface area contributed by atoms with Gasteiger partial charge in [-0.25, -0.2) is 15.0 Å². The molecule has 9 heteroatoms. The molecule has 3 aromatic heterocycles. The Bertz CT molecular complexity index is 1100. The molecule has 0 saturated carbocycles. The van der Waals surface area contributed by atoms with Crippen LogP contribution < -0.4 is 15.1 Å². The number of fused-ring (bicyclic) bond motifs is 1. The van der Waals surface area contributed by atoms with Crippen LogP contribution in [0.1, 0.15) is 23.3 Å². The van der Waals surface area contributed by atoms with Crippen molar-refractivity contribution in [2.75, 3.05) is 54.5 Å². The van der Waals surface area contributed by atoms with Gasteiger partial charge >= 0.3 is 0 Å². The average Bonchev–Trinajstić information content (AvgIpc) is 3.14. The smallest absolute Gasteiger partial charge is 0.228 e. The largest absolute Gasteiger partial charge is 0.378 e. The standard InChI is InChI=1S/C23H28N6O2S/c1-15-16(2)32-23-20(15)21(25-14-26-23)29-7-5-17(6-8-29)22(30)27-19-4-3-18(13-24-19)28-9-11-31-12-10-28/h3-4,13-14,17H,5-12H2,1-2H3,(H,24,27,30). The number of nitrogens with zero attached hydrogens (tertiary/aromatic N) is 5. The van der Waals surface area contributed by atoms with E-state index < -0.39 is 0 Å². The van der Waals surface area contributed by atoms with E-state index in [1.165, 1.54) is 10.4 Å². The van der Waals surface area contributed by atoms with E-state index in [9.17, 15) is 4.79 Å². The zero-order chi connectivity index (χ0) is 22.1. The summed E-state index contributed by atoms with van der Waals surface area (Å²) in [5, 5.41) is 4.16. The third-order valence-electron chi connectivity index (χ3n) is 6.49. The molecule has 0 aromatic carbocycles. The van der Waals surface area contributed by atoms with Gasteiger partial charge in [0, 0.05) is 37.0 Å². The third-order valence-corrected chi connectivity index (χ3v) is 7.60. The van der Waals surface area contributed by atoms with Gasteiger partial charge < -0.3 is 19.9 Å². The maximum Gasteiger partial charge on any atom is 0.228 e. The highest BCUT2D eigenvalue weighted by molar-refractivity contribution is 7.18. The molecule has 0 radical (unpaired) electrons. The van der Waals surface area contributed by atoms with Gasteiger partial charge in [-0.15, -0.1) is 11.3 Å². The van der Waals surface area contributed by atoms with Gasteiger partial charge in [0.25, 0.3) is 0 Å². The molecule has 5 rings (SSSR count). The van der Waals surface area contributed by atoms with E-state index in [1.807, 2.05) is 18.3 Å². The number of carbonyl (C=O) groups is 1. The number of hydrogen-bond donors (Lipinski definition) is 1. The molecule has 3 aromatic rings. The second kappa shape index (κ2) is 8.99. The van der Waals surface area contributed by atoms with Crippen LogP contribution in [0.15, 0.2) is 24.7 Å². The lowest BCUT2D eigenvalue weighted by molar-refractivity contribution is -0.120. The summed E-state index contributed by atoms with van der Waals surface area (Å²) in [6, 6.07) is 3.90. The second-order valence-electron chi connectivity index (χ2n) is 8.41. The third kappa shape index (κ3) is 4.14. The number of thiophene rings is 1. The second-order valence-corrected chi connectivity index (χ2v) is 9.62. The van der Waals surface area contributed by atoms with Gasteiger partial charge in [0.15, 0.2) is 0 Å². The fourth-order valence-electron chi connectivity index (χ4n) is 4.45. The summed E-state index contributed by atoms with van der Waals surface area (Å²) in [5.41, 5.74) is 2.32. The van der Waals surface area contributed by atoms with Gasteiger partial charge in [-0.1, -0.05) is 0 Å². The van der Waals surface area contributed by atoms with Crippen LogP contribution in [0.4, 0.5) is 17.3 Å². The van der Waals surface area contributed by atoms with E-state index in [-0.39, 0.29) is 11.8 Å². The number of amides is 1. The number of hydrogen-bond acceptors (Lipinski definition) is 8. The molecule has 5 heterocycles. The number of pyridine rings is 1. The van der Waals surface area contributed by atoms with Crippen LogP contribution in [0.5, 0.6) is 0 Å². The Hall–Kier alpha value is -2.78. The molecule has 0 bridgehead atoms. The van der Waals surface area contributed by atoms with E-state index in [1.54, 1.807) is 17.7 Å². The van der Waals surface area contributed by atoms with Crippen molar-refractivity contribution in [3.63, 3.8) is 0 Å². The Morgan fingerprint density at radius 1 is 1.06 bits per heavy atom. The van der Waals surface area contributed by atoms with E-state index in [0.29, 0.717) is 5.82 Å². The fraction of sp³-hybridized carbons (Fsp3) is 0.478. The summed E-state index contributed by atoms with van der Waals surface area (Å²) in [4.78, 5) is 33.2. The van der Waals surface area contributed by atoms with Crippen LogP contribution in [0.3, 0.4) is 0 Å². The first-order valence-corrected chi connectivity index (χ1v) is 12.0. The van der Waals surface area contributed by atoms with Gasteiger partial charge in [0.2, 0.25) is 5.91 Å². The van der Waals surface area contributed by atoms with Crippen molar-refractivity contribution in [1.82, 2.24) is 15.0 Å². The van der Waals surface area contributed by atoms with Crippen molar-refractivity contribution in [2.45, 2.75) is 26.7 Å². The lowest BCUT2D eigenvalue weighted by Crippen LogP contribution is -2.38. The highest BCUT2D eigenvalue weighted by Gasteiger charge is 2.27. The number of rotatable bonds is 4. The van der Waals surface area contributed by atoms with Gasteiger partial charge in [-0.05, 0) is 44.4 Å². The van der Waals surface area contributed by atoms with Crippen molar-refractivity contribution in [2.24, 2.45) is 5.92 Å². The molecule has 168 valence electrons. The Labute approximate surface area is 191 Å². The topological polar surface area (TPSA) is 83.5 Å². The van der Waals surface area contributed by atoms with Crippen LogP contribution in [0.25, 0.3) is 10.2 Å². The van der Waals surface area contributed by atoms with Crippen LogP contribution in [-0.4, -0.2) is 60.3 Å². The molecule has 0 spiro atoms. The first kappa shape index (κ1) is 21.1. The molecular weight excluding hydrogens is 424 g/mol. The van der Waals surface area contributed by atoms with Crippen molar-refractivity contribution in [1.29, 1.82) is 0 Å². The number of carbonyl (C=O) groups excluding carboxylic acids is 1. The summed E-state index contributed by atoms with van der Waals surface area (Å²) in [6.07, 6.45) is 5.07. The Morgan fingerprint density at radius 2 is 1.84 bits per heavy atom. The van der Waals surface area contributed by atoms with Crippen LogP contribution in [0.2, 0.25) is 0 Å². The first-order chi connectivity index (χ1) is 15.6. The molecule has 8 nitrogen and oxygen atoms in total. The summed E-state index contributed by atoms with van der Waals surface area (Å²) in [5.74, 6) is 1.63. The van der Waals surface area contributed by atoms with Gasteiger partial charge in [-0.3, -0.25) is 4.79 Å². The number of aromatic nitrogens is 3. The van der Waals surface area contributed by atoms with Crippen molar-refractivity contribution < 1.29 is 9.53 Å². The predicted octanol–water partition coefficient (Wildman–Crippen LogP) is 3.39. The monoisotopic (exact) mass is 452 g/mol. The molecule has 2 aliphatic heterocycles. The number of ether oxygens (including phenoxy) is 1. The molecule has 2 aliphatic rings. The summed E-state index contributed by atoms with van der Waals surface area (Å²) < 4.78 is 5.40. The van der Waals surface area contributed by atoms with Crippen molar-refractivity contribution in [3.05, 3.63) is 35.1 Å². The molecule has 0 aliphatic carbocycles. The van der Waals surface area contributed by atoms with Crippen LogP contribution in [-0.2, 0) is 9.53 Å². The molecule has 32 heavy (non-hydrogen) atoms. The van der Waals surface area contributed by atoms with E-state index in [0.717, 1.165) is 74.0 Å². The molecule has 1 N–H and O–H groups in total. The Morgan fingerprint density at radius 3 is 2.56 bits per heavy atom. The van der Waals surface area contributed by atoms with E-state index >= 15 is 0 Å². The Kier molecular flexibility index (Phi) is 5.93. The average molecular weight is 453 g/mol. The number of nitrogens with one attached hydrogen (secondary N) is 1. The number of piperidine rings is 1. The van der Waals surface area contributed by atoms with Gasteiger partial charge in [0.05, 0.1) is 30.5 Å². The van der Waals surface area contributed by atoms with E-state index in [4.69, 9.17) is 4.74 Å². The fourth-order valence-corrected chi connectivity index (χ4v) is 5.45. The highest BCUT2D eigenvalue weighted by Crippen LogP contribution is 2.35. The molecule has 0 atom stereocenters. The van der Waals surface area contributed by atoms with Crippen LogP contribution in [0, 0.1) is 19.8 Å². The molecule has 2 saturated heterocycles. The zero-order valence-electron chi connectivity index (χ0n) is 18.5. The molecule has 2 fully saturated rings. The predicted molar refractivity (Wildman–Crippen MR) is 128 cm³/mol. The first-order valence-electron chi connectivity index (χ1n) is 11.2. The van der Waals surface area contributed by atoms with Crippen molar-refractivity contribution in [3.8, 4) is 0 Å². The molecule has 1 amide bonds. The minimum absolute atomic E-state index is 0.0189. The SMILES string of the molecule is Cc1sc2ncnc(N3CCC(C(=O)Nc4ccc(N5CCOCC5)cn4)CC3)c2c1C. The minimum Gasteiger partial charge on any atom is -0.378 e.